The van der Waals surface area contributed by atoms with Crippen molar-refractivity contribution < 1.29 is 9.13 Å². The number of methoxy groups -OCH3 is 1. The maximum absolute atomic E-state index is 13.8. The Balaban J connectivity index is 2.24. The van der Waals surface area contributed by atoms with E-state index in [1.54, 1.807) is 6.07 Å². The summed E-state index contributed by atoms with van der Waals surface area (Å²) in [5.41, 5.74) is 8.80. The third-order valence-electron chi connectivity index (χ3n) is 3.88. The molecule has 2 aromatic rings. The quantitative estimate of drug-likeness (QED) is 0.857. The number of hydrogen-bond donors (Lipinski definition) is 1. The molecule has 2 N–H and O–H groups in total. The standard InChI is InChI=1S/C18H22FNO/c1-3-13(10-11-20)14-4-6-15(7-5-14)16-8-9-18(21-2)17(19)12-16/h4-9,12-13H,3,10-11,20H2,1-2H3. The first-order valence-electron chi connectivity index (χ1n) is 7.33. The normalized spacial score (nSPS) is 12.2. The van der Waals surface area contributed by atoms with E-state index in [1.165, 1.54) is 18.7 Å². The average molecular weight is 287 g/mol. The third kappa shape index (κ3) is 3.61. The summed E-state index contributed by atoms with van der Waals surface area (Å²) in [5.74, 6) is 0.426. The van der Waals surface area contributed by atoms with Crippen molar-refractivity contribution in [2.45, 2.75) is 25.7 Å². The topological polar surface area (TPSA) is 35.2 Å². The van der Waals surface area contributed by atoms with Crippen molar-refractivity contribution in [1.82, 2.24) is 0 Å². The lowest BCUT2D eigenvalue weighted by molar-refractivity contribution is 0.386. The smallest absolute Gasteiger partial charge is 0.165 e. The Bertz CT molecular complexity index is 580. The minimum Gasteiger partial charge on any atom is -0.494 e. The van der Waals surface area contributed by atoms with Crippen molar-refractivity contribution in [1.29, 1.82) is 0 Å². The van der Waals surface area contributed by atoms with Gasteiger partial charge in [-0.2, -0.15) is 0 Å². The highest BCUT2D eigenvalue weighted by molar-refractivity contribution is 5.64. The Morgan fingerprint density at radius 3 is 2.29 bits per heavy atom. The number of hydrogen-bond acceptors (Lipinski definition) is 2. The Morgan fingerprint density at radius 2 is 1.76 bits per heavy atom. The molecule has 0 amide bonds. The van der Waals surface area contributed by atoms with E-state index in [2.05, 4.69) is 19.1 Å². The Morgan fingerprint density at radius 1 is 1.10 bits per heavy atom. The molecule has 1 unspecified atom stereocenters. The number of rotatable bonds is 6. The van der Waals surface area contributed by atoms with E-state index >= 15 is 0 Å². The first-order chi connectivity index (χ1) is 10.2. The largest absolute Gasteiger partial charge is 0.494 e. The molecule has 0 aliphatic carbocycles. The van der Waals surface area contributed by atoms with Gasteiger partial charge in [-0.25, -0.2) is 4.39 Å². The SMILES string of the molecule is CCC(CCN)c1ccc(-c2ccc(OC)c(F)c2)cc1. The molecule has 3 heteroatoms. The van der Waals surface area contributed by atoms with Gasteiger partial charge in [0.05, 0.1) is 7.11 Å². The highest BCUT2D eigenvalue weighted by Crippen LogP contribution is 2.28. The highest BCUT2D eigenvalue weighted by Gasteiger charge is 2.09. The summed E-state index contributed by atoms with van der Waals surface area (Å²) >= 11 is 0. The van der Waals surface area contributed by atoms with Gasteiger partial charge >= 0.3 is 0 Å². The molecule has 2 nitrogen and oxygen atoms in total. The molecule has 0 radical (unpaired) electrons. The summed E-state index contributed by atoms with van der Waals surface area (Å²) in [5, 5.41) is 0. The van der Waals surface area contributed by atoms with Crippen LogP contribution >= 0.6 is 0 Å². The molecule has 2 aromatic carbocycles. The fourth-order valence-electron chi connectivity index (χ4n) is 2.60. The van der Waals surface area contributed by atoms with Gasteiger partial charge in [0.2, 0.25) is 0 Å². The lowest BCUT2D eigenvalue weighted by Crippen LogP contribution is -2.06. The summed E-state index contributed by atoms with van der Waals surface area (Å²) in [6.07, 6.45) is 2.07. The van der Waals surface area contributed by atoms with Gasteiger partial charge in [-0.1, -0.05) is 37.3 Å². The molecule has 1 atom stereocenters. The van der Waals surface area contributed by atoms with Crippen molar-refractivity contribution in [3.8, 4) is 16.9 Å². The van der Waals surface area contributed by atoms with Crippen molar-refractivity contribution in [2.75, 3.05) is 13.7 Å². The van der Waals surface area contributed by atoms with E-state index in [0.29, 0.717) is 12.5 Å². The van der Waals surface area contributed by atoms with Crippen molar-refractivity contribution in [2.24, 2.45) is 5.73 Å². The molecule has 0 saturated heterocycles. The van der Waals surface area contributed by atoms with E-state index in [-0.39, 0.29) is 11.6 Å². The zero-order valence-electron chi connectivity index (χ0n) is 12.6. The van der Waals surface area contributed by atoms with Crippen molar-refractivity contribution in [3.05, 3.63) is 53.8 Å². The van der Waals surface area contributed by atoms with Crippen LogP contribution in [0.1, 0.15) is 31.2 Å². The fraction of sp³-hybridized carbons (Fsp3) is 0.333. The van der Waals surface area contributed by atoms with Crippen LogP contribution in [0.3, 0.4) is 0 Å². The Kier molecular flexibility index (Phi) is 5.34. The zero-order valence-corrected chi connectivity index (χ0v) is 12.6. The summed E-state index contributed by atoms with van der Waals surface area (Å²) in [6.45, 7) is 2.87. The van der Waals surface area contributed by atoms with E-state index in [9.17, 15) is 4.39 Å². The van der Waals surface area contributed by atoms with Crippen LogP contribution in [0.5, 0.6) is 5.75 Å². The predicted molar refractivity (Wildman–Crippen MR) is 85.1 cm³/mol. The van der Waals surface area contributed by atoms with E-state index < -0.39 is 0 Å². The number of nitrogens with two attached hydrogens (primary N) is 1. The lowest BCUT2D eigenvalue weighted by Gasteiger charge is -2.14. The summed E-state index contributed by atoms with van der Waals surface area (Å²) in [6, 6.07) is 13.3. The second-order valence-corrected chi connectivity index (χ2v) is 5.15. The van der Waals surface area contributed by atoms with E-state index in [0.717, 1.165) is 24.0 Å². The van der Waals surface area contributed by atoms with Crippen LogP contribution < -0.4 is 10.5 Å². The third-order valence-corrected chi connectivity index (χ3v) is 3.88. The van der Waals surface area contributed by atoms with Gasteiger partial charge in [-0.15, -0.1) is 0 Å². The molecule has 0 bridgehead atoms. The Hall–Kier alpha value is -1.87. The predicted octanol–water partition coefficient (Wildman–Crippen LogP) is 4.34. The van der Waals surface area contributed by atoms with Gasteiger partial charge in [0.1, 0.15) is 0 Å². The molecule has 112 valence electrons. The van der Waals surface area contributed by atoms with Crippen LogP contribution in [0.2, 0.25) is 0 Å². The van der Waals surface area contributed by atoms with Crippen molar-refractivity contribution in [3.63, 3.8) is 0 Å². The van der Waals surface area contributed by atoms with E-state index in [4.69, 9.17) is 10.5 Å². The molecule has 2 rings (SSSR count). The molecule has 0 saturated carbocycles. The minimum atomic E-state index is -0.339. The number of halogens is 1. The molecular formula is C18H22FNO. The van der Waals surface area contributed by atoms with Gasteiger partial charge in [-0.3, -0.25) is 0 Å². The minimum absolute atomic E-state index is 0.268. The van der Waals surface area contributed by atoms with Crippen LogP contribution in [0.4, 0.5) is 4.39 Å². The second-order valence-electron chi connectivity index (χ2n) is 5.15. The van der Waals surface area contributed by atoms with E-state index in [1.807, 2.05) is 18.2 Å². The van der Waals surface area contributed by atoms with Gasteiger partial charge in [0.25, 0.3) is 0 Å². The van der Waals surface area contributed by atoms with Gasteiger partial charge in [-0.05, 0) is 54.1 Å². The summed E-state index contributed by atoms with van der Waals surface area (Å²) in [4.78, 5) is 0. The lowest BCUT2D eigenvalue weighted by atomic mass is 9.92. The molecule has 0 fully saturated rings. The number of ether oxygens (including phenoxy) is 1. The average Bonchev–Trinajstić information content (AvgIpc) is 2.52. The maximum atomic E-state index is 13.8. The van der Waals surface area contributed by atoms with Crippen LogP contribution in [-0.4, -0.2) is 13.7 Å². The molecule has 0 aromatic heterocycles. The summed E-state index contributed by atoms with van der Waals surface area (Å²) in [7, 11) is 1.47. The first-order valence-corrected chi connectivity index (χ1v) is 7.33. The molecular weight excluding hydrogens is 265 g/mol. The molecule has 21 heavy (non-hydrogen) atoms. The second kappa shape index (κ2) is 7.23. The number of benzene rings is 2. The molecule has 0 aliphatic rings. The molecule has 0 heterocycles. The van der Waals surface area contributed by atoms with Crippen LogP contribution in [0.25, 0.3) is 11.1 Å². The van der Waals surface area contributed by atoms with Crippen LogP contribution in [0, 0.1) is 5.82 Å². The van der Waals surface area contributed by atoms with Gasteiger partial charge < -0.3 is 10.5 Å². The summed E-state index contributed by atoms with van der Waals surface area (Å²) < 4.78 is 18.7. The van der Waals surface area contributed by atoms with Crippen LogP contribution in [0.15, 0.2) is 42.5 Å². The zero-order chi connectivity index (χ0) is 15.2. The first kappa shape index (κ1) is 15.5. The monoisotopic (exact) mass is 287 g/mol. The van der Waals surface area contributed by atoms with Crippen molar-refractivity contribution >= 4 is 0 Å². The Labute approximate surface area is 125 Å². The maximum Gasteiger partial charge on any atom is 0.165 e. The van der Waals surface area contributed by atoms with Crippen LogP contribution in [-0.2, 0) is 0 Å². The van der Waals surface area contributed by atoms with Gasteiger partial charge in [0.15, 0.2) is 11.6 Å². The fourth-order valence-corrected chi connectivity index (χ4v) is 2.60. The molecule has 0 aliphatic heterocycles. The molecule has 0 spiro atoms. The van der Waals surface area contributed by atoms with Gasteiger partial charge in [0, 0.05) is 0 Å². The highest BCUT2D eigenvalue weighted by atomic mass is 19.1.